The number of likely N-dealkylation sites (tertiary alicyclic amines) is 1. The van der Waals surface area contributed by atoms with Crippen LogP contribution in [0, 0.1) is 18.3 Å². The highest BCUT2D eigenvalue weighted by atomic mass is 32.2. The molecule has 0 bridgehead atoms. The Bertz CT molecular complexity index is 1010. The van der Waals surface area contributed by atoms with Crippen LogP contribution in [-0.4, -0.2) is 39.0 Å². The van der Waals surface area contributed by atoms with Crippen LogP contribution in [0.15, 0.2) is 35.4 Å². The van der Waals surface area contributed by atoms with Gasteiger partial charge in [-0.05, 0) is 43.5 Å². The number of para-hydroxylation sites is 2. The maximum Gasteiger partial charge on any atom is 0.232 e. The lowest BCUT2D eigenvalue weighted by Gasteiger charge is -2.15. The molecule has 0 radical (unpaired) electrons. The Morgan fingerprint density at radius 1 is 1.32 bits per heavy atom. The fraction of sp³-hybridized carbons (Fsp3) is 0.316. The maximum absolute atomic E-state index is 12.4. The van der Waals surface area contributed by atoms with Gasteiger partial charge in [0, 0.05) is 13.1 Å². The summed E-state index contributed by atoms with van der Waals surface area (Å²) >= 11 is 1.52. The molecular weight excluding hydrogens is 332 g/mol. The van der Waals surface area contributed by atoms with Gasteiger partial charge >= 0.3 is 0 Å². The number of aromatic nitrogens is 2. The zero-order chi connectivity index (χ0) is 17.4. The largest absolute Gasteiger partial charge is 0.342 e. The smallest absolute Gasteiger partial charge is 0.232 e. The van der Waals surface area contributed by atoms with E-state index < -0.39 is 0 Å². The molecule has 1 aliphatic rings. The van der Waals surface area contributed by atoms with E-state index in [1.807, 2.05) is 46.6 Å². The molecule has 6 heteroatoms. The van der Waals surface area contributed by atoms with Gasteiger partial charge in [0.2, 0.25) is 5.91 Å². The third-order valence-electron chi connectivity index (χ3n) is 4.65. The van der Waals surface area contributed by atoms with E-state index in [9.17, 15) is 10.1 Å². The van der Waals surface area contributed by atoms with Crippen molar-refractivity contribution in [3.8, 4) is 6.07 Å². The molecule has 0 unspecified atom stereocenters. The normalized spacial score (nSPS) is 14.3. The quantitative estimate of drug-likeness (QED) is 0.680. The first-order valence-corrected chi connectivity index (χ1v) is 9.39. The summed E-state index contributed by atoms with van der Waals surface area (Å²) in [5, 5.41) is 10.5. The fourth-order valence-electron chi connectivity index (χ4n) is 3.35. The molecule has 0 N–H and O–H groups in total. The van der Waals surface area contributed by atoms with Crippen LogP contribution in [0.3, 0.4) is 0 Å². The molecular formula is C19H18N4OS. The molecule has 1 amide bonds. The van der Waals surface area contributed by atoms with Gasteiger partial charge in [0.25, 0.3) is 0 Å². The van der Waals surface area contributed by atoms with E-state index >= 15 is 0 Å². The van der Waals surface area contributed by atoms with Gasteiger partial charge in [0.15, 0.2) is 5.65 Å². The fourth-order valence-corrected chi connectivity index (χ4v) is 4.38. The molecule has 2 aromatic heterocycles. The molecule has 0 saturated carbocycles. The number of hydrogen-bond acceptors (Lipinski definition) is 4. The second-order valence-electron chi connectivity index (χ2n) is 6.29. The molecule has 5 nitrogen and oxygen atoms in total. The highest BCUT2D eigenvalue weighted by molar-refractivity contribution is 7.99. The Labute approximate surface area is 150 Å². The van der Waals surface area contributed by atoms with E-state index in [-0.39, 0.29) is 5.91 Å². The van der Waals surface area contributed by atoms with Gasteiger partial charge in [-0.3, -0.25) is 9.20 Å². The number of imidazole rings is 1. The summed E-state index contributed by atoms with van der Waals surface area (Å²) in [4.78, 5) is 19.0. The Morgan fingerprint density at radius 3 is 2.84 bits per heavy atom. The number of carbonyl (C=O) groups is 1. The van der Waals surface area contributed by atoms with E-state index in [2.05, 4.69) is 11.1 Å². The van der Waals surface area contributed by atoms with E-state index in [0.29, 0.717) is 17.0 Å². The van der Waals surface area contributed by atoms with Gasteiger partial charge in [-0.1, -0.05) is 23.9 Å². The third kappa shape index (κ3) is 2.75. The van der Waals surface area contributed by atoms with Crippen molar-refractivity contribution in [2.24, 2.45) is 0 Å². The minimum atomic E-state index is 0.182. The first kappa shape index (κ1) is 16.0. The van der Waals surface area contributed by atoms with Gasteiger partial charge in [0.05, 0.1) is 27.4 Å². The van der Waals surface area contributed by atoms with Gasteiger partial charge in [-0.15, -0.1) is 0 Å². The van der Waals surface area contributed by atoms with Crippen LogP contribution in [0.2, 0.25) is 0 Å². The number of rotatable bonds is 3. The predicted octanol–water partition coefficient (Wildman–Crippen LogP) is 3.38. The Kier molecular flexibility index (Phi) is 4.10. The summed E-state index contributed by atoms with van der Waals surface area (Å²) in [5.41, 5.74) is 3.97. The van der Waals surface area contributed by atoms with Crippen molar-refractivity contribution >= 4 is 34.3 Å². The number of benzene rings is 1. The summed E-state index contributed by atoms with van der Waals surface area (Å²) in [6, 6.07) is 12.1. The summed E-state index contributed by atoms with van der Waals surface area (Å²) in [5.74, 6) is 0.592. The highest BCUT2D eigenvalue weighted by Gasteiger charge is 2.20. The molecule has 126 valence electrons. The number of carbonyl (C=O) groups excluding carboxylic acids is 1. The van der Waals surface area contributed by atoms with Crippen LogP contribution < -0.4 is 0 Å². The Hall–Kier alpha value is -2.52. The molecule has 0 spiro atoms. The van der Waals surface area contributed by atoms with Crippen molar-refractivity contribution in [3.63, 3.8) is 0 Å². The van der Waals surface area contributed by atoms with E-state index in [1.54, 1.807) is 0 Å². The van der Waals surface area contributed by atoms with Gasteiger partial charge < -0.3 is 4.90 Å². The number of fused-ring (bicyclic) bond motifs is 3. The zero-order valence-electron chi connectivity index (χ0n) is 14.0. The topological polar surface area (TPSA) is 61.4 Å². The molecule has 1 aromatic carbocycles. The number of amides is 1. The zero-order valence-corrected chi connectivity index (χ0v) is 14.8. The van der Waals surface area contributed by atoms with Crippen LogP contribution >= 0.6 is 11.8 Å². The van der Waals surface area contributed by atoms with Crippen molar-refractivity contribution in [2.75, 3.05) is 18.8 Å². The van der Waals surface area contributed by atoms with Gasteiger partial charge in [-0.2, -0.15) is 5.26 Å². The number of nitrogens with zero attached hydrogens (tertiary/aromatic N) is 4. The molecule has 0 atom stereocenters. The number of pyridine rings is 1. The molecule has 3 aromatic rings. The Morgan fingerprint density at radius 2 is 2.08 bits per heavy atom. The molecule has 1 saturated heterocycles. The van der Waals surface area contributed by atoms with Gasteiger partial charge in [-0.25, -0.2) is 4.98 Å². The number of hydrogen-bond donors (Lipinski definition) is 0. The lowest BCUT2D eigenvalue weighted by molar-refractivity contribution is -0.127. The molecule has 3 heterocycles. The van der Waals surface area contributed by atoms with Crippen molar-refractivity contribution in [1.29, 1.82) is 5.26 Å². The van der Waals surface area contributed by atoms with Crippen LogP contribution in [0.1, 0.15) is 24.0 Å². The molecule has 0 aliphatic carbocycles. The molecule has 25 heavy (non-hydrogen) atoms. The van der Waals surface area contributed by atoms with Crippen LogP contribution in [-0.2, 0) is 4.79 Å². The van der Waals surface area contributed by atoms with Crippen LogP contribution in [0.25, 0.3) is 16.7 Å². The van der Waals surface area contributed by atoms with Gasteiger partial charge in [0.1, 0.15) is 6.07 Å². The van der Waals surface area contributed by atoms with Crippen molar-refractivity contribution < 1.29 is 4.79 Å². The average molecular weight is 350 g/mol. The first-order chi connectivity index (χ1) is 12.2. The molecule has 1 aliphatic heterocycles. The first-order valence-electron chi connectivity index (χ1n) is 8.40. The van der Waals surface area contributed by atoms with Crippen LogP contribution in [0.4, 0.5) is 0 Å². The minimum absolute atomic E-state index is 0.182. The predicted molar refractivity (Wildman–Crippen MR) is 98.7 cm³/mol. The monoisotopic (exact) mass is 350 g/mol. The number of thioether (sulfide) groups is 1. The second-order valence-corrected chi connectivity index (χ2v) is 7.28. The van der Waals surface area contributed by atoms with Crippen LogP contribution in [0.5, 0.6) is 0 Å². The van der Waals surface area contributed by atoms with E-state index in [4.69, 9.17) is 0 Å². The number of nitriles is 1. The lowest BCUT2D eigenvalue weighted by atomic mass is 10.2. The summed E-state index contributed by atoms with van der Waals surface area (Å²) < 4.78 is 2.00. The summed E-state index contributed by atoms with van der Waals surface area (Å²) in [6.07, 6.45) is 2.20. The maximum atomic E-state index is 12.4. The van der Waals surface area contributed by atoms with E-state index in [0.717, 1.165) is 47.6 Å². The van der Waals surface area contributed by atoms with Crippen molar-refractivity contribution in [2.45, 2.75) is 24.8 Å². The Balaban J connectivity index is 1.77. The van der Waals surface area contributed by atoms with Crippen molar-refractivity contribution in [1.82, 2.24) is 14.3 Å². The lowest BCUT2D eigenvalue weighted by Crippen LogP contribution is -2.29. The highest BCUT2D eigenvalue weighted by Crippen LogP contribution is 2.29. The summed E-state index contributed by atoms with van der Waals surface area (Å²) in [6.45, 7) is 3.66. The third-order valence-corrected chi connectivity index (χ3v) is 5.64. The average Bonchev–Trinajstić information content (AvgIpc) is 3.27. The summed E-state index contributed by atoms with van der Waals surface area (Å²) in [7, 11) is 0. The molecule has 4 rings (SSSR count). The van der Waals surface area contributed by atoms with E-state index in [1.165, 1.54) is 11.8 Å². The number of aryl methyl sites for hydroxylation is 1. The standard InChI is InChI=1S/C19H18N4OS/c1-13-10-18(25-12-17(24)22-8-4-5-9-22)23-16-7-3-2-6-15(16)21-19(23)14(13)11-20/h2-3,6-7,10H,4-5,8-9,12H2,1H3. The SMILES string of the molecule is Cc1cc(SCC(=O)N2CCCC2)n2c(nc3ccccc32)c1C#N. The second kappa shape index (κ2) is 6.41. The molecule has 1 fully saturated rings. The van der Waals surface area contributed by atoms with Crippen molar-refractivity contribution in [3.05, 3.63) is 41.5 Å². The minimum Gasteiger partial charge on any atom is -0.342 e.